The number of pyridine rings is 1. The van der Waals surface area contributed by atoms with E-state index in [0.717, 1.165) is 24.0 Å². The average Bonchev–Trinajstić information content (AvgIpc) is 2.73. The van der Waals surface area contributed by atoms with Gasteiger partial charge in [-0.3, -0.25) is 14.6 Å². The maximum Gasteiger partial charge on any atom is 0.0886 e. The zero-order valence-corrected chi connectivity index (χ0v) is 12.2. The molecule has 0 saturated heterocycles. The highest BCUT2D eigenvalue weighted by atomic mass is 15.3. The Hall–Kier alpha value is -1.62. The van der Waals surface area contributed by atoms with Crippen molar-refractivity contribution in [3.05, 3.63) is 18.6 Å². The summed E-state index contributed by atoms with van der Waals surface area (Å²) in [6.45, 7) is 10.7. The minimum absolute atomic E-state index is 0.532. The molecule has 5 nitrogen and oxygen atoms in total. The molecule has 2 N–H and O–H groups in total. The van der Waals surface area contributed by atoms with Gasteiger partial charge in [0, 0.05) is 24.0 Å². The Balaban J connectivity index is 2.16. The maximum atomic E-state index is 5.90. The predicted octanol–water partition coefficient (Wildman–Crippen LogP) is 2.13. The number of hydrogen-bond acceptors (Lipinski definition) is 4. The van der Waals surface area contributed by atoms with E-state index in [-0.39, 0.29) is 0 Å². The zero-order chi connectivity index (χ0) is 14.0. The van der Waals surface area contributed by atoms with Crippen LogP contribution < -0.4 is 5.73 Å². The van der Waals surface area contributed by atoms with Crippen LogP contribution in [0.15, 0.2) is 18.6 Å². The summed E-state index contributed by atoms with van der Waals surface area (Å²) in [7, 11) is 0. The molecule has 0 saturated carbocycles. The van der Waals surface area contributed by atoms with E-state index in [1.807, 2.05) is 17.1 Å². The summed E-state index contributed by atoms with van der Waals surface area (Å²) >= 11 is 0. The first-order chi connectivity index (χ1) is 9.00. The van der Waals surface area contributed by atoms with Crippen LogP contribution in [-0.4, -0.2) is 38.3 Å². The van der Waals surface area contributed by atoms with Gasteiger partial charge in [-0.2, -0.15) is 5.10 Å². The standard InChI is InChI=1S/C14H23N5/c1-10(2)18(11(3)4)5-6-19-14-9-16-8-13(15)12(14)7-17-19/h7-11H,5-6,15H2,1-4H3. The molecule has 2 aromatic rings. The lowest BCUT2D eigenvalue weighted by atomic mass is 10.2. The molecular formula is C14H23N5. The van der Waals surface area contributed by atoms with E-state index < -0.39 is 0 Å². The van der Waals surface area contributed by atoms with Gasteiger partial charge in [0.2, 0.25) is 0 Å². The first-order valence-corrected chi connectivity index (χ1v) is 6.81. The first-order valence-electron chi connectivity index (χ1n) is 6.81. The van der Waals surface area contributed by atoms with Gasteiger partial charge in [-0.1, -0.05) is 0 Å². The minimum Gasteiger partial charge on any atom is -0.397 e. The molecule has 5 heteroatoms. The van der Waals surface area contributed by atoms with Crippen LogP contribution in [0.1, 0.15) is 27.7 Å². The Morgan fingerprint density at radius 3 is 2.47 bits per heavy atom. The third kappa shape index (κ3) is 2.87. The second kappa shape index (κ2) is 5.57. The summed E-state index contributed by atoms with van der Waals surface area (Å²) in [5, 5.41) is 5.40. The van der Waals surface area contributed by atoms with Crippen molar-refractivity contribution in [3.63, 3.8) is 0 Å². The molecule has 0 fully saturated rings. The average molecular weight is 261 g/mol. The normalized spacial score (nSPS) is 12.2. The molecule has 104 valence electrons. The molecule has 0 aliphatic carbocycles. The van der Waals surface area contributed by atoms with E-state index in [9.17, 15) is 0 Å². The summed E-state index contributed by atoms with van der Waals surface area (Å²) in [4.78, 5) is 6.59. The van der Waals surface area contributed by atoms with Crippen LogP contribution in [0, 0.1) is 0 Å². The summed E-state index contributed by atoms with van der Waals surface area (Å²) < 4.78 is 1.98. The molecule has 19 heavy (non-hydrogen) atoms. The third-order valence-electron chi connectivity index (χ3n) is 3.50. The van der Waals surface area contributed by atoms with Gasteiger partial charge in [0.1, 0.15) is 0 Å². The van der Waals surface area contributed by atoms with Crippen molar-refractivity contribution in [2.75, 3.05) is 12.3 Å². The van der Waals surface area contributed by atoms with Crippen LogP contribution >= 0.6 is 0 Å². The van der Waals surface area contributed by atoms with Gasteiger partial charge in [0.25, 0.3) is 0 Å². The Morgan fingerprint density at radius 2 is 1.84 bits per heavy atom. The lowest BCUT2D eigenvalue weighted by Gasteiger charge is -2.30. The smallest absolute Gasteiger partial charge is 0.0886 e. The van der Waals surface area contributed by atoms with E-state index >= 15 is 0 Å². The van der Waals surface area contributed by atoms with E-state index in [4.69, 9.17) is 5.73 Å². The fourth-order valence-electron chi connectivity index (χ4n) is 2.51. The highest BCUT2D eigenvalue weighted by Crippen LogP contribution is 2.18. The van der Waals surface area contributed by atoms with E-state index in [0.29, 0.717) is 17.8 Å². The fraction of sp³-hybridized carbons (Fsp3) is 0.571. The highest BCUT2D eigenvalue weighted by molar-refractivity contribution is 5.88. The van der Waals surface area contributed by atoms with Crippen LogP contribution in [0.2, 0.25) is 0 Å². The molecule has 0 bridgehead atoms. The second-order valence-electron chi connectivity index (χ2n) is 5.45. The van der Waals surface area contributed by atoms with Crippen LogP contribution in [0.25, 0.3) is 10.9 Å². The molecule has 2 heterocycles. The van der Waals surface area contributed by atoms with Gasteiger partial charge in [0.15, 0.2) is 0 Å². The minimum atomic E-state index is 0.532. The van der Waals surface area contributed by atoms with Crippen molar-refractivity contribution < 1.29 is 0 Å². The van der Waals surface area contributed by atoms with Gasteiger partial charge in [-0.15, -0.1) is 0 Å². The van der Waals surface area contributed by atoms with Gasteiger partial charge in [0.05, 0.1) is 36.3 Å². The number of fused-ring (bicyclic) bond motifs is 1. The topological polar surface area (TPSA) is 60.0 Å². The van der Waals surface area contributed by atoms with Crippen LogP contribution in [0.4, 0.5) is 5.69 Å². The summed E-state index contributed by atoms with van der Waals surface area (Å²) in [6, 6.07) is 1.06. The second-order valence-corrected chi connectivity index (χ2v) is 5.45. The van der Waals surface area contributed by atoms with Gasteiger partial charge < -0.3 is 5.73 Å². The van der Waals surface area contributed by atoms with E-state index in [2.05, 4.69) is 42.7 Å². The Morgan fingerprint density at radius 1 is 1.16 bits per heavy atom. The van der Waals surface area contributed by atoms with Crippen molar-refractivity contribution in [3.8, 4) is 0 Å². The zero-order valence-electron chi connectivity index (χ0n) is 12.2. The van der Waals surface area contributed by atoms with Gasteiger partial charge in [-0.25, -0.2) is 0 Å². The number of rotatable bonds is 5. The van der Waals surface area contributed by atoms with Gasteiger partial charge >= 0.3 is 0 Å². The molecule has 0 radical (unpaired) electrons. The SMILES string of the molecule is CC(C)N(CCn1ncc2c(N)cncc21)C(C)C. The molecular weight excluding hydrogens is 238 g/mol. The number of nitrogens with zero attached hydrogens (tertiary/aromatic N) is 4. The molecule has 2 aromatic heterocycles. The molecule has 0 atom stereocenters. The number of anilines is 1. The van der Waals surface area contributed by atoms with Crippen molar-refractivity contribution in [1.82, 2.24) is 19.7 Å². The number of hydrogen-bond donors (Lipinski definition) is 1. The Kier molecular flexibility index (Phi) is 4.04. The number of aromatic nitrogens is 3. The van der Waals surface area contributed by atoms with Crippen molar-refractivity contribution in [2.45, 2.75) is 46.3 Å². The quantitative estimate of drug-likeness (QED) is 0.895. The fourth-order valence-corrected chi connectivity index (χ4v) is 2.51. The lowest BCUT2D eigenvalue weighted by Crippen LogP contribution is -2.39. The largest absolute Gasteiger partial charge is 0.397 e. The monoisotopic (exact) mass is 261 g/mol. The first kappa shape index (κ1) is 13.8. The van der Waals surface area contributed by atoms with Crippen molar-refractivity contribution >= 4 is 16.6 Å². The van der Waals surface area contributed by atoms with Crippen LogP contribution in [0.5, 0.6) is 0 Å². The van der Waals surface area contributed by atoms with Gasteiger partial charge in [-0.05, 0) is 27.7 Å². The molecule has 0 amide bonds. The molecule has 0 aliphatic rings. The lowest BCUT2D eigenvalue weighted by molar-refractivity contribution is 0.167. The van der Waals surface area contributed by atoms with Crippen LogP contribution in [-0.2, 0) is 6.54 Å². The summed E-state index contributed by atoms with van der Waals surface area (Å²) in [6.07, 6.45) is 5.32. The molecule has 0 unspecified atom stereocenters. The highest BCUT2D eigenvalue weighted by Gasteiger charge is 2.14. The molecule has 2 rings (SSSR count). The summed E-state index contributed by atoms with van der Waals surface area (Å²) in [5.41, 5.74) is 7.59. The number of nitrogen functional groups attached to an aromatic ring is 1. The molecule has 0 spiro atoms. The van der Waals surface area contributed by atoms with E-state index in [1.165, 1.54) is 0 Å². The maximum absolute atomic E-state index is 5.90. The Labute approximate surface area is 114 Å². The molecule has 0 aromatic carbocycles. The van der Waals surface area contributed by atoms with Crippen molar-refractivity contribution in [2.24, 2.45) is 0 Å². The predicted molar refractivity (Wildman–Crippen MR) is 78.9 cm³/mol. The Bertz CT molecular complexity index is 536. The van der Waals surface area contributed by atoms with Crippen molar-refractivity contribution in [1.29, 1.82) is 0 Å². The van der Waals surface area contributed by atoms with Crippen LogP contribution in [0.3, 0.4) is 0 Å². The van der Waals surface area contributed by atoms with E-state index in [1.54, 1.807) is 6.20 Å². The summed E-state index contributed by atoms with van der Waals surface area (Å²) in [5.74, 6) is 0. The number of nitrogens with two attached hydrogens (primary N) is 1. The molecule has 0 aliphatic heterocycles. The third-order valence-corrected chi connectivity index (χ3v) is 3.50.